The van der Waals surface area contributed by atoms with Crippen LogP contribution in [-0.2, 0) is 15.1 Å². The van der Waals surface area contributed by atoms with E-state index in [1.807, 2.05) is 45.0 Å². The van der Waals surface area contributed by atoms with Crippen molar-refractivity contribution in [2.75, 3.05) is 31.2 Å². The molecular weight excluding hydrogens is 330 g/mol. The van der Waals surface area contributed by atoms with Gasteiger partial charge in [0.2, 0.25) is 5.95 Å². The zero-order chi connectivity index (χ0) is 18.6. The maximum Gasteiger partial charge on any atom is 0.339 e. The number of morpholine rings is 1. The number of benzene rings is 1. The number of aryl methyl sites for hydroxylation is 1. The van der Waals surface area contributed by atoms with Crippen LogP contribution >= 0.6 is 0 Å². The lowest BCUT2D eigenvalue weighted by atomic mass is 9.97. The van der Waals surface area contributed by atoms with Crippen molar-refractivity contribution >= 4 is 11.9 Å². The van der Waals surface area contributed by atoms with E-state index >= 15 is 0 Å². The summed E-state index contributed by atoms with van der Waals surface area (Å²) in [5.41, 5.74) is 1.29. The maximum atomic E-state index is 12.6. The number of nitrogens with zero attached hydrogens (tertiary/aromatic N) is 3. The van der Waals surface area contributed by atoms with Gasteiger partial charge >= 0.3 is 5.97 Å². The zero-order valence-electron chi connectivity index (χ0n) is 15.6. The monoisotopic (exact) mass is 355 g/mol. The number of carbonyl (C=O) groups is 1. The Morgan fingerprint density at radius 3 is 2.58 bits per heavy atom. The SMILES string of the molecule is CCC(C)(OC(=O)c1ccccc1)c1cc(C)nc(N2CCOCC2)n1. The number of anilines is 1. The fraction of sp³-hybridized carbons (Fsp3) is 0.450. The summed E-state index contributed by atoms with van der Waals surface area (Å²) in [6, 6.07) is 10.9. The van der Waals surface area contributed by atoms with Crippen molar-refractivity contribution in [2.24, 2.45) is 0 Å². The van der Waals surface area contributed by atoms with Crippen molar-refractivity contribution in [2.45, 2.75) is 32.8 Å². The topological polar surface area (TPSA) is 64.5 Å². The Morgan fingerprint density at radius 1 is 1.23 bits per heavy atom. The van der Waals surface area contributed by atoms with Crippen LogP contribution in [0.5, 0.6) is 0 Å². The van der Waals surface area contributed by atoms with Gasteiger partial charge in [0.25, 0.3) is 0 Å². The number of aromatic nitrogens is 2. The van der Waals surface area contributed by atoms with Crippen LogP contribution in [0.2, 0.25) is 0 Å². The van der Waals surface area contributed by atoms with Gasteiger partial charge in [0, 0.05) is 18.8 Å². The van der Waals surface area contributed by atoms with Crippen LogP contribution in [0, 0.1) is 6.92 Å². The molecule has 0 spiro atoms. The molecule has 1 aliphatic heterocycles. The molecule has 3 rings (SSSR count). The van der Waals surface area contributed by atoms with Gasteiger partial charge in [-0.15, -0.1) is 0 Å². The largest absolute Gasteiger partial charge is 0.449 e. The summed E-state index contributed by atoms with van der Waals surface area (Å²) in [5.74, 6) is 0.317. The molecule has 1 unspecified atom stereocenters. The van der Waals surface area contributed by atoms with Gasteiger partial charge in [0.1, 0.15) is 0 Å². The summed E-state index contributed by atoms with van der Waals surface area (Å²) >= 11 is 0. The summed E-state index contributed by atoms with van der Waals surface area (Å²) in [6.07, 6.45) is 0.616. The van der Waals surface area contributed by atoms with Crippen molar-refractivity contribution in [3.8, 4) is 0 Å². The number of rotatable bonds is 5. The van der Waals surface area contributed by atoms with Crippen molar-refractivity contribution in [3.63, 3.8) is 0 Å². The van der Waals surface area contributed by atoms with Gasteiger partial charge in [-0.3, -0.25) is 0 Å². The average molecular weight is 355 g/mol. The number of hydrogen-bond acceptors (Lipinski definition) is 6. The third-order valence-electron chi connectivity index (χ3n) is 4.68. The second-order valence-corrected chi connectivity index (χ2v) is 6.63. The molecule has 2 heterocycles. The Bertz CT molecular complexity index is 760. The Balaban J connectivity index is 1.88. The van der Waals surface area contributed by atoms with E-state index in [1.54, 1.807) is 12.1 Å². The smallest absolute Gasteiger partial charge is 0.339 e. The van der Waals surface area contributed by atoms with Gasteiger partial charge in [-0.2, -0.15) is 0 Å². The van der Waals surface area contributed by atoms with Crippen molar-refractivity contribution in [1.29, 1.82) is 0 Å². The average Bonchev–Trinajstić information content (AvgIpc) is 2.68. The van der Waals surface area contributed by atoms with E-state index in [4.69, 9.17) is 14.5 Å². The molecule has 6 nitrogen and oxygen atoms in total. The molecule has 26 heavy (non-hydrogen) atoms. The van der Waals surface area contributed by atoms with Gasteiger partial charge in [-0.05, 0) is 38.5 Å². The Kier molecular flexibility index (Phi) is 5.52. The Labute approximate surface area is 154 Å². The minimum atomic E-state index is -0.818. The molecule has 1 atom stereocenters. The third kappa shape index (κ3) is 4.02. The normalized spacial score (nSPS) is 16.8. The first-order chi connectivity index (χ1) is 12.5. The molecule has 1 aromatic heterocycles. The number of esters is 1. The highest BCUT2D eigenvalue weighted by Gasteiger charge is 2.32. The van der Waals surface area contributed by atoms with Crippen LogP contribution < -0.4 is 4.90 Å². The summed E-state index contributed by atoms with van der Waals surface area (Å²) in [5, 5.41) is 0. The summed E-state index contributed by atoms with van der Waals surface area (Å²) in [6.45, 7) is 8.68. The first-order valence-corrected chi connectivity index (χ1v) is 8.99. The molecule has 0 radical (unpaired) electrons. The van der Waals surface area contributed by atoms with Crippen molar-refractivity contribution in [3.05, 3.63) is 53.3 Å². The molecule has 6 heteroatoms. The van der Waals surface area contributed by atoms with E-state index in [1.165, 1.54) is 0 Å². The van der Waals surface area contributed by atoms with Crippen molar-refractivity contribution in [1.82, 2.24) is 9.97 Å². The maximum absolute atomic E-state index is 12.6. The number of hydrogen-bond donors (Lipinski definition) is 0. The lowest BCUT2D eigenvalue weighted by Gasteiger charge is -2.31. The highest BCUT2D eigenvalue weighted by atomic mass is 16.6. The molecule has 1 aliphatic rings. The Hall–Kier alpha value is -2.47. The van der Waals surface area contributed by atoms with E-state index in [0.717, 1.165) is 24.5 Å². The minimum absolute atomic E-state index is 0.348. The molecule has 0 amide bonds. The van der Waals surface area contributed by atoms with Crippen LogP contribution in [0.15, 0.2) is 36.4 Å². The quantitative estimate of drug-likeness (QED) is 0.768. The van der Waals surface area contributed by atoms with Gasteiger partial charge < -0.3 is 14.4 Å². The van der Waals surface area contributed by atoms with Gasteiger partial charge in [-0.1, -0.05) is 25.1 Å². The van der Waals surface area contributed by atoms with E-state index in [9.17, 15) is 4.79 Å². The van der Waals surface area contributed by atoms with Crippen LogP contribution in [0.3, 0.4) is 0 Å². The molecule has 0 N–H and O–H groups in total. The molecular formula is C20H25N3O3. The highest BCUT2D eigenvalue weighted by Crippen LogP contribution is 2.30. The van der Waals surface area contributed by atoms with E-state index in [-0.39, 0.29) is 5.97 Å². The molecule has 1 saturated heterocycles. The van der Waals surface area contributed by atoms with Crippen LogP contribution in [0.1, 0.15) is 42.0 Å². The second kappa shape index (κ2) is 7.83. The van der Waals surface area contributed by atoms with E-state index < -0.39 is 5.60 Å². The predicted molar refractivity (Wildman–Crippen MR) is 99.3 cm³/mol. The highest BCUT2D eigenvalue weighted by molar-refractivity contribution is 5.89. The van der Waals surface area contributed by atoms with E-state index in [2.05, 4.69) is 9.88 Å². The lowest BCUT2D eigenvalue weighted by molar-refractivity contribution is -0.0162. The number of carbonyl (C=O) groups excluding carboxylic acids is 1. The standard InChI is InChI=1S/C20H25N3O3/c1-4-20(3,26-18(24)16-8-6-5-7-9-16)17-14-15(2)21-19(22-17)23-10-12-25-13-11-23/h5-9,14H,4,10-13H2,1-3H3. The van der Waals surface area contributed by atoms with Gasteiger partial charge in [-0.25, -0.2) is 14.8 Å². The zero-order valence-corrected chi connectivity index (χ0v) is 15.6. The Morgan fingerprint density at radius 2 is 1.92 bits per heavy atom. The molecule has 138 valence electrons. The van der Waals surface area contributed by atoms with Crippen LogP contribution in [0.4, 0.5) is 5.95 Å². The fourth-order valence-corrected chi connectivity index (χ4v) is 2.87. The van der Waals surface area contributed by atoms with Gasteiger partial charge in [0.05, 0.1) is 24.5 Å². The molecule has 0 bridgehead atoms. The first-order valence-electron chi connectivity index (χ1n) is 8.99. The first kappa shape index (κ1) is 18.3. The third-order valence-corrected chi connectivity index (χ3v) is 4.68. The lowest BCUT2D eigenvalue weighted by Crippen LogP contribution is -2.38. The predicted octanol–water partition coefficient (Wildman–Crippen LogP) is 3.10. The summed E-state index contributed by atoms with van der Waals surface area (Å²) < 4.78 is 11.3. The van der Waals surface area contributed by atoms with E-state index in [0.29, 0.717) is 31.1 Å². The minimum Gasteiger partial charge on any atom is -0.449 e. The molecule has 1 aromatic carbocycles. The molecule has 0 aliphatic carbocycles. The number of ether oxygens (including phenoxy) is 2. The van der Waals surface area contributed by atoms with Crippen molar-refractivity contribution < 1.29 is 14.3 Å². The summed E-state index contributed by atoms with van der Waals surface area (Å²) in [7, 11) is 0. The van der Waals surface area contributed by atoms with Gasteiger partial charge in [0.15, 0.2) is 5.60 Å². The summed E-state index contributed by atoms with van der Waals surface area (Å²) in [4.78, 5) is 24.0. The fourth-order valence-electron chi connectivity index (χ4n) is 2.87. The molecule has 0 saturated carbocycles. The molecule has 2 aromatic rings. The molecule has 1 fully saturated rings. The second-order valence-electron chi connectivity index (χ2n) is 6.63. The van der Waals surface area contributed by atoms with Crippen LogP contribution in [-0.4, -0.2) is 42.2 Å². The van der Waals surface area contributed by atoms with Crippen LogP contribution in [0.25, 0.3) is 0 Å².